The van der Waals surface area contributed by atoms with E-state index in [0.29, 0.717) is 50.7 Å². The molecule has 0 aromatic carbocycles. The Balaban J connectivity index is 4.27. The SMILES string of the molecule is CC/C=C\CCCC(CCC/C=C\CC)COC(=O)CCCCC(=O)OCC(CO)COC(=O)CCCCC(=O)OCC(CCC/C=C\CC)CCC/C=C\CC. The molecule has 0 fully saturated rings. The predicted octanol–water partition coefficient (Wildman–Crippen LogP) is 11.7. The molecule has 0 unspecified atom stereocenters. The molecular weight excluding hydrogens is 721 g/mol. The van der Waals surface area contributed by atoms with Gasteiger partial charge >= 0.3 is 23.9 Å². The number of rotatable bonds is 39. The van der Waals surface area contributed by atoms with E-state index in [1.165, 1.54) is 0 Å². The Hall–Kier alpha value is -3.20. The smallest absolute Gasteiger partial charge is 0.305 e. The third-order valence-corrected chi connectivity index (χ3v) is 9.74. The van der Waals surface area contributed by atoms with Gasteiger partial charge < -0.3 is 24.1 Å². The molecule has 0 heterocycles. The average Bonchev–Trinajstić information content (AvgIpc) is 3.21. The number of hydrogen-bond acceptors (Lipinski definition) is 9. The molecule has 0 radical (unpaired) electrons. The Morgan fingerprint density at radius 3 is 0.860 bits per heavy atom. The van der Waals surface area contributed by atoms with Crippen molar-refractivity contribution in [2.24, 2.45) is 17.8 Å². The fourth-order valence-electron chi connectivity index (χ4n) is 6.22. The van der Waals surface area contributed by atoms with E-state index in [1.54, 1.807) is 0 Å². The lowest BCUT2D eigenvalue weighted by Crippen LogP contribution is -2.23. The molecule has 0 rings (SSSR count). The van der Waals surface area contributed by atoms with E-state index >= 15 is 0 Å². The Morgan fingerprint density at radius 1 is 0.386 bits per heavy atom. The molecule has 0 aliphatic carbocycles. The average molecular weight is 803 g/mol. The first kappa shape index (κ1) is 53.8. The minimum absolute atomic E-state index is 0.0633. The van der Waals surface area contributed by atoms with Crippen LogP contribution in [0.3, 0.4) is 0 Å². The maximum absolute atomic E-state index is 12.4. The highest BCUT2D eigenvalue weighted by atomic mass is 16.6. The molecule has 0 amide bonds. The summed E-state index contributed by atoms with van der Waals surface area (Å²) in [6.45, 7) is 8.98. The van der Waals surface area contributed by atoms with Gasteiger partial charge in [-0.05, 0) is 140 Å². The third kappa shape index (κ3) is 36.9. The van der Waals surface area contributed by atoms with Crippen molar-refractivity contribution >= 4 is 23.9 Å². The summed E-state index contributed by atoms with van der Waals surface area (Å²) >= 11 is 0. The number of unbranched alkanes of at least 4 members (excludes halogenated alkanes) is 6. The molecular formula is C48H82O9. The first-order valence-corrected chi connectivity index (χ1v) is 22.6. The molecule has 0 aliphatic rings. The Morgan fingerprint density at radius 2 is 0.632 bits per heavy atom. The summed E-state index contributed by atoms with van der Waals surface area (Å²) in [5.74, 6) is -1.14. The van der Waals surface area contributed by atoms with Gasteiger partial charge in [-0.1, -0.05) is 76.3 Å². The van der Waals surface area contributed by atoms with Gasteiger partial charge in [0.25, 0.3) is 0 Å². The largest absolute Gasteiger partial charge is 0.465 e. The van der Waals surface area contributed by atoms with Crippen LogP contribution in [0.25, 0.3) is 0 Å². The Labute approximate surface area is 347 Å². The van der Waals surface area contributed by atoms with Crippen molar-refractivity contribution in [1.29, 1.82) is 0 Å². The van der Waals surface area contributed by atoms with E-state index in [-0.39, 0.29) is 57.4 Å². The molecule has 9 heteroatoms. The van der Waals surface area contributed by atoms with Crippen molar-refractivity contribution in [2.45, 2.75) is 182 Å². The van der Waals surface area contributed by atoms with Gasteiger partial charge in [-0.3, -0.25) is 19.2 Å². The molecule has 0 spiro atoms. The van der Waals surface area contributed by atoms with Gasteiger partial charge in [-0.15, -0.1) is 0 Å². The van der Waals surface area contributed by atoms with Crippen molar-refractivity contribution in [3.05, 3.63) is 48.6 Å². The van der Waals surface area contributed by atoms with E-state index < -0.39 is 17.9 Å². The van der Waals surface area contributed by atoms with Crippen LogP contribution in [0, 0.1) is 17.8 Å². The minimum atomic E-state index is -0.528. The van der Waals surface area contributed by atoms with Gasteiger partial charge in [0, 0.05) is 25.7 Å². The fourth-order valence-corrected chi connectivity index (χ4v) is 6.22. The topological polar surface area (TPSA) is 125 Å². The molecule has 0 bridgehead atoms. The number of ether oxygens (including phenoxy) is 4. The molecule has 0 aromatic rings. The Bertz CT molecular complexity index is 985. The third-order valence-electron chi connectivity index (χ3n) is 9.74. The van der Waals surface area contributed by atoms with Crippen LogP contribution in [0.2, 0.25) is 0 Å². The molecule has 0 aromatic heterocycles. The van der Waals surface area contributed by atoms with E-state index in [2.05, 4.69) is 76.3 Å². The summed E-state index contributed by atoms with van der Waals surface area (Å²) in [7, 11) is 0. The van der Waals surface area contributed by atoms with Crippen molar-refractivity contribution in [2.75, 3.05) is 33.0 Å². The van der Waals surface area contributed by atoms with Crippen LogP contribution in [0.15, 0.2) is 48.6 Å². The number of aliphatic hydroxyl groups excluding tert-OH is 1. The summed E-state index contributed by atoms with van der Waals surface area (Å²) in [6, 6.07) is 0. The van der Waals surface area contributed by atoms with Gasteiger partial charge in [0.05, 0.1) is 39.0 Å². The van der Waals surface area contributed by atoms with Gasteiger partial charge in [0.1, 0.15) is 0 Å². The second kappa shape index (κ2) is 41.0. The van der Waals surface area contributed by atoms with Crippen LogP contribution in [0.5, 0.6) is 0 Å². The molecule has 0 saturated carbocycles. The van der Waals surface area contributed by atoms with Crippen LogP contribution in [-0.2, 0) is 38.1 Å². The molecule has 328 valence electrons. The van der Waals surface area contributed by atoms with Gasteiger partial charge in [0.2, 0.25) is 0 Å². The standard InChI is InChI=1S/C48H82O9/c1-5-9-13-17-21-29-42(30-22-18-14-10-6-2)38-54-45(50)33-25-27-35-47(52)56-40-44(37-49)41-57-48(53)36-28-26-34-46(51)55-39-43(31-23-19-15-11-7-3)32-24-20-16-12-8-4/h9-16,42-44,49H,5-8,17-41H2,1-4H3/b13-9-,14-10-,15-11-,16-12-. The summed E-state index contributed by atoms with van der Waals surface area (Å²) < 4.78 is 21.8. The molecule has 0 saturated heterocycles. The maximum Gasteiger partial charge on any atom is 0.305 e. The summed E-state index contributed by atoms with van der Waals surface area (Å²) in [6.07, 6.45) is 37.4. The zero-order chi connectivity index (χ0) is 42.0. The highest BCUT2D eigenvalue weighted by Gasteiger charge is 2.16. The molecule has 1 N–H and O–H groups in total. The van der Waals surface area contributed by atoms with E-state index in [1.807, 2.05) is 0 Å². The second-order valence-electron chi connectivity index (χ2n) is 15.2. The predicted molar refractivity (Wildman–Crippen MR) is 231 cm³/mol. The monoisotopic (exact) mass is 803 g/mol. The number of esters is 4. The molecule has 0 aliphatic heterocycles. The first-order valence-electron chi connectivity index (χ1n) is 22.6. The number of aliphatic hydroxyl groups is 1. The first-order chi connectivity index (χ1) is 27.8. The van der Waals surface area contributed by atoms with Crippen LogP contribution in [0.4, 0.5) is 0 Å². The van der Waals surface area contributed by atoms with Crippen LogP contribution >= 0.6 is 0 Å². The number of carbonyl (C=O) groups excluding carboxylic acids is 4. The van der Waals surface area contributed by atoms with Gasteiger partial charge in [0.15, 0.2) is 0 Å². The summed E-state index contributed by atoms with van der Waals surface area (Å²) in [5, 5.41) is 9.71. The van der Waals surface area contributed by atoms with Crippen molar-refractivity contribution in [3.8, 4) is 0 Å². The van der Waals surface area contributed by atoms with Gasteiger partial charge in [-0.25, -0.2) is 0 Å². The highest BCUT2D eigenvalue weighted by Crippen LogP contribution is 2.20. The zero-order valence-electron chi connectivity index (χ0n) is 36.6. The lowest BCUT2D eigenvalue weighted by molar-refractivity contribution is -0.151. The second-order valence-corrected chi connectivity index (χ2v) is 15.2. The van der Waals surface area contributed by atoms with Crippen LogP contribution < -0.4 is 0 Å². The van der Waals surface area contributed by atoms with Crippen LogP contribution in [-0.4, -0.2) is 62.0 Å². The zero-order valence-corrected chi connectivity index (χ0v) is 36.6. The molecule has 9 nitrogen and oxygen atoms in total. The normalized spacial score (nSPS) is 12.0. The van der Waals surface area contributed by atoms with E-state index in [4.69, 9.17) is 18.9 Å². The number of hydrogen-bond donors (Lipinski definition) is 1. The van der Waals surface area contributed by atoms with Crippen LogP contribution in [0.1, 0.15) is 182 Å². The van der Waals surface area contributed by atoms with Gasteiger partial charge in [-0.2, -0.15) is 0 Å². The Kier molecular flexibility index (Phi) is 38.7. The minimum Gasteiger partial charge on any atom is -0.465 e. The maximum atomic E-state index is 12.4. The number of carbonyl (C=O) groups is 4. The fraction of sp³-hybridized carbons (Fsp3) is 0.750. The van der Waals surface area contributed by atoms with Crippen molar-refractivity contribution < 1.29 is 43.2 Å². The lowest BCUT2D eigenvalue weighted by atomic mass is 9.96. The molecule has 57 heavy (non-hydrogen) atoms. The van der Waals surface area contributed by atoms with E-state index in [0.717, 1.165) is 103 Å². The summed E-state index contributed by atoms with van der Waals surface area (Å²) in [5.41, 5.74) is 0. The van der Waals surface area contributed by atoms with E-state index in [9.17, 15) is 24.3 Å². The number of allylic oxidation sites excluding steroid dienone is 8. The molecule has 0 atom stereocenters. The lowest BCUT2D eigenvalue weighted by Gasteiger charge is -2.17. The quantitative estimate of drug-likeness (QED) is 0.0280. The van der Waals surface area contributed by atoms with Crippen molar-refractivity contribution in [3.63, 3.8) is 0 Å². The highest BCUT2D eigenvalue weighted by molar-refractivity contribution is 5.71. The summed E-state index contributed by atoms with van der Waals surface area (Å²) in [4.78, 5) is 49.4. The van der Waals surface area contributed by atoms with Crippen molar-refractivity contribution in [1.82, 2.24) is 0 Å².